The lowest BCUT2D eigenvalue weighted by molar-refractivity contribution is 0.446. The molecule has 0 aromatic carbocycles. The van der Waals surface area contributed by atoms with Crippen LogP contribution in [0.3, 0.4) is 0 Å². The highest BCUT2D eigenvalue weighted by atomic mass is 32.3. The van der Waals surface area contributed by atoms with E-state index < -0.39 is 0 Å². The van der Waals surface area contributed by atoms with Crippen molar-refractivity contribution in [3.05, 3.63) is 0 Å². The van der Waals surface area contributed by atoms with Crippen LogP contribution in [0.1, 0.15) is 27.7 Å². The Kier molecular flexibility index (Phi) is 2.62. The highest BCUT2D eigenvalue weighted by Gasteiger charge is 2.44. The van der Waals surface area contributed by atoms with Crippen LogP contribution in [0.2, 0.25) is 0 Å². The van der Waals surface area contributed by atoms with Crippen molar-refractivity contribution in [2.24, 2.45) is 11.8 Å². The molecule has 10 heavy (non-hydrogen) atoms. The van der Waals surface area contributed by atoms with Crippen LogP contribution in [0.15, 0.2) is 0 Å². The number of hydrogen-bond donors (Lipinski definition) is 0. The highest BCUT2D eigenvalue weighted by Crippen LogP contribution is 2.58. The van der Waals surface area contributed by atoms with Crippen LogP contribution in [0.5, 0.6) is 0 Å². The average molecular weight is 176 g/mol. The third-order valence-electron chi connectivity index (χ3n) is 2.18. The molecule has 0 aliphatic carbocycles. The predicted octanol–water partition coefficient (Wildman–Crippen LogP) is 3.43. The van der Waals surface area contributed by atoms with E-state index in [0.29, 0.717) is 4.08 Å². The van der Waals surface area contributed by atoms with Crippen LogP contribution < -0.4 is 0 Å². The lowest BCUT2D eigenvalue weighted by Crippen LogP contribution is -2.39. The van der Waals surface area contributed by atoms with Crippen LogP contribution in [-0.2, 0) is 0 Å². The van der Waals surface area contributed by atoms with Crippen LogP contribution >= 0.6 is 23.5 Å². The van der Waals surface area contributed by atoms with Gasteiger partial charge < -0.3 is 0 Å². The standard InChI is InChI=1S/C8H16S2/c1-6(2)8(7(3)4)9-5-10-8/h6-7H,5H2,1-4H3. The molecule has 60 valence electrons. The van der Waals surface area contributed by atoms with Crippen molar-refractivity contribution in [1.29, 1.82) is 0 Å². The minimum Gasteiger partial charge on any atom is -0.133 e. The first-order valence-electron chi connectivity index (χ1n) is 3.87. The van der Waals surface area contributed by atoms with Gasteiger partial charge in [-0.2, -0.15) is 0 Å². The van der Waals surface area contributed by atoms with Gasteiger partial charge in [-0.3, -0.25) is 0 Å². The minimum atomic E-state index is 0.556. The van der Waals surface area contributed by atoms with E-state index in [1.807, 2.05) is 0 Å². The van der Waals surface area contributed by atoms with Crippen molar-refractivity contribution in [1.82, 2.24) is 0 Å². The fourth-order valence-electron chi connectivity index (χ4n) is 1.53. The zero-order valence-electron chi connectivity index (χ0n) is 7.18. The Morgan fingerprint density at radius 1 is 1.00 bits per heavy atom. The third-order valence-corrected chi connectivity index (χ3v) is 6.62. The molecule has 0 radical (unpaired) electrons. The number of hydrogen-bond acceptors (Lipinski definition) is 2. The molecule has 1 rings (SSSR count). The molecule has 0 bridgehead atoms. The SMILES string of the molecule is CC(C)C1(C(C)C)SCS1. The minimum absolute atomic E-state index is 0.556. The van der Waals surface area contributed by atoms with Crippen molar-refractivity contribution in [3.8, 4) is 0 Å². The van der Waals surface area contributed by atoms with E-state index in [4.69, 9.17) is 0 Å². The van der Waals surface area contributed by atoms with Gasteiger partial charge >= 0.3 is 0 Å². The topological polar surface area (TPSA) is 0 Å². The van der Waals surface area contributed by atoms with Crippen LogP contribution in [-0.4, -0.2) is 9.16 Å². The molecule has 0 atom stereocenters. The molecule has 1 fully saturated rings. The summed E-state index contributed by atoms with van der Waals surface area (Å²) in [7, 11) is 0. The zero-order chi connectivity index (χ0) is 7.78. The van der Waals surface area contributed by atoms with Crippen molar-refractivity contribution < 1.29 is 0 Å². The molecule has 0 aromatic rings. The molecule has 0 saturated carbocycles. The Labute approximate surface area is 72.5 Å². The summed E-state index contributed by atoms with van der Waals surface area (Å²) in [6, 6.07) is 0. The molecular formula is C8H16S2. The first-order chi connectivity index (χ1) is 4.59. The molecule has 0 aromatic heterocycles. The van der Waals surface area contributed by atoms with Crippen molar-refractivity contribution >= 4 is 23.5 Å². The van der Waals surface area contributed by atoms with Gasteiger partial charge in [-0.15, -0.1) is 23.5 Å². The van der Waals surface area contributed by atoms with Crippen molar-refractivity contribution in [3.63, 3.8) is 0 Å². The largest absolute Gasteiger partial charge is 0.133 e. The third kappa shape index (κ3) is 1.20. The van der Waals surface area contributed by atoms with Gasteiger partial charge in [0.25, 0.3) is 0 Å². The molecule has 0 spiro atoms. The summed E-state index contributed by atoms with van der Waals surface area (Å²) in [5.74, 6) is 1.63. The maximum atomic E-state index is 2.33. The molecule has 0 amide bonds. The molecule has 1 aliphatic rings. The molecular weight excluding hydrogens is 160 g/mol. The maximum Gasteiger partial charge on any atom is 0.0673 e. The molecule has 0 N–H and O–H groups in total. The fraction of sp³-hybridized carbons (Fsp3) is 1.00. The van der Waals surface area contributed by atoms with Gasteiger partial charge in [0.15, 0.2) is 0 Å². The van der Waals surface area contributed by atoms with Gasteiger partial charge in [0, 0.05) is 5.08 Å². The summed E-state index contributed by atoms with van der Waals surface area (Å²) in [6.45, 7) is 9.33. The normalized spacial score (nSPS) is 23.4. The molecule has 0 unspecified atom stereocenters. The van der Waals surface area contributed by atoms with E-state index in [-0.39, 0.29) is 0 Å². The van der Waals surface area contributed by atoms with Gasteiger partial charge in [0.05, 0.1) is 4.08 Å². The van der Waals surface area contributed by atoms with Crippen molar-refractivity contribution in [2.75, 3.05) is 5.08 Å². The van der Waals surface area contributed by atoms with Crippen molar-refractivity contribution in [2.45, 2.75) is 31.8 Å². The highest BCUT2D eigenvalue weighted by molar-refractivity contribution is 8.33. The predicted molar refractivity (Wildman–Crippen MR) is 52.5 cm³/mol. The van der Waals surface area contributed by atoms with Gasteiger partial charge in [0.1, 0.15) is 0 Å². The van der Waals surface area contributed by atoms with Gasteiger partial charge in [-0.05, 0) is 11.8 Å². The lowest BCUT2D eigenvalue weighted by atomic mass is 9.99. The van der Waals surface area contributed by atoms with Crippen LogP contribution in [0.25, 0.3) is 0 Å². The molecule has 2 heteroatoms. The quantitative estimate of drug-likeness (QED) is 0.632. The summed E-state index contributed by atoms with van der Waals surface area (Å²) < 4.78 is 0.556. The monoisotopic (exact) mass is 176 g/mol. The van der Waals surface area contributed by atoms with E-state index in [1.54, 1.807) is 0 Å². The maximum absolute atomic E-state index is 2.33. The van der Waals surface area contributed by atoms with Gasteiger partial charge in [-0.25, -0.2) is 0 Å². The second-order valence-electron chi connectivity index (χ2n) is 3.44. The molecule has 1 heterocycles. The zero-order valence-corrected chi connectivity index (χ0v) is 8.81. The Hall–Kier alpha value is 0.700. The first-order valence-corrected chi connectivity index (χ1v) is 5.84. The second-order valence-corrected chi connectivity index (χ2v) is 6.57. The Balaban J connectivity index is 2.59. The van der Waals surface area contributed by atoms with Gasteiger partial charge in [-0.1, -0.05) is 27.7 Å². The number of rotatable bonds is 2. The van der Waals surface area contributed by atoms with Gasteiger partial charge in [0.2, 0.25) is 0 Å². The Bertz CT molecular complexity index is 104. The Morgan fingerprint density at radius 2 is 1.40 bits per heavy atom. The van der Waals surface area contributed by atoms with Crippen LogP contribution in [0.4, 0.5) is 0 Å². The smallest absolute Gasteiger partial charge is 0.0673 e. The summed E-state index contributed by atoms with van der Waals surface area (Å²) in [4.78, 5) is 0. The van der Waals surface area contributed by atoms with E-state index in [2.05, 4.69) is 51.2 Å². The Morgan fingerprint density at radius 3 is 1.40 bits per heavy atom. The fourth-order valence-corrected chi connectivity index (χ4v) is 4.42. The van der Waals surface area contributed by atoms with Crippen LogP contribution in [0, 0.1) is 11.8 Å². The second kappa shape index (κ2) is 2.98. The summed E-state index contributed by atoms with van der Waals surface area (Å²) in [6.07, 6.45) is 0. The summed E-state index contributed by atoms with van der Waals surface area (Å²) in [5.41, 5.74) is 0. The summed E-state index contributed by atoms with van der Waals surface area (Å²) >= 11 is 4.26. The number of thioether (sulfide) groups is 2. The average Bonchev–Trinajstić information content (AvgIpc) is 1.57. The molecule has 1 saturated heterocycles. The summed E-state index contributed by atoms with van der Waals surface area (Å²) in [5, 5.41) is 1.30. The molecule has 1 aliphatic heterocycles. The van der Waals surface area contributed by atoms with E-state index in [0.717, 1.165) is 11.8 Å². The van der Waals surface area contributed by atoms with E-state index >= 15 is 0 Å². The van der Waals surface area contributed by atoms with E-state index in [9.17, 15) is 0 Å². The lowest BCUT2D eigenvalue weighted by Gasteiger charge is -2.47. The molecule has 0 nitrogen and oxygen atoms in total. The first kappa shape index (κ1) is 8.79. The van der Waals surface area contributed by atoms with E-state index in [1.165, 1.54) is 5.08 Å².